The van der Waals surface area contributed by atoms with Crippen LogP contribution in [0.2, 0.25) is 0 Å². The smallest absolute Gasteiger partial charge is 0.221 e. The van der Waals surface area contributed by atoms with Crippen molar-refractivity contribution in [2.45, 2.75) is 141 Å². The molecule has 0 aromatic heterocycles. The summed E-state index contributed by atoms with van der Waals surface area (Å²) in [7, 11) is 0. The highest BCUT2D eigenvalue weighted by molar-refractivity contribution is 5.78. The predicted molar refractivity (Wildman–Crippen MR) is 352 cm³/mol. The molecule has 85 heavy (non-hydrogen) atoms. The van der Waals surface area contributed by atoms with Crippen LogP contribution >= 0.6 is 0 Å². The third kappa shape index (κ3) is 45.4. The molecule has 0 aromatic carbocycles. The summed E-state index contributed by atoms with van der Waals surface area (Å²) < 4.78 is 0. The first-order valence-corrected chi connectivity index (χ1v) is 33.9. The van der Waals surface area contributed by atoms with Crippen LogP contribution in [0.3, 0.4) is 0 Å². The van der Waals surface area contributed by atoms with E-state index in [9.17, 15) is 28.8 Å². The van der Waals surface area contributed by atoms with Crippen molar-refractivity contribution in [3.8, 4) is 0 Å². The van der Waals surface area contributed by atoms with Crippen molar-refractivity contribution in [1.29, 1.82) is 0 Å². The lowest BCUT2D eigenvalue weighted by Gasteiger charge is -2.29. The molecule has 6 N–H and O–H groups in total. The maximum atomic E-state index is 13.2. The Morgan fingerprint density at radius 2 is 0.318 bits per heavy atom. The first-order valence-electron chi connectivity index (χ1n) is 33.9. The Hall–Kier alpha value is -3.58. The second-order valence-electron chi connectivity index (χ2n) is 22.2. The van der Waals surface area contributed by atoms with E-state index in [2.05, 4.69) is 164 Å². The van der Waals surface area contributed by atoms with Crippen molar-refractivity contribution < 1.29 is 28.8 Å². The van der Waals surface area contributed by atoms with Gasteiger partial charge in [-0.2, -0.15) is 0 Å². The van der Waals surface area contributed by atoms with Gasteiger partial charge in [0, 0.05) is 156 Å². The highest BCUT2D eigenvalue weighted by Gasteiger charge is 2.18. The van der Waals surface area contributed by atoms with Crippen LogP contribution < -0.4 is 31.9 Å². The molecule has 0 heterocycles. The minimum atomic E-state index is 0.0139. The van der Waals surface area contributed by atoms with Gasteiger partial charge in [-0.1, -0.05) is 83.1 Å². The minimum absolute atomic E-state index is 0.0139. The fourth-order valence-electron chi connectivity index (χ4n) is 10.3. The molecule has 0 spiro atoms. The molecule has 0 radical (unpaired) electrons. The van der Waals surface area contributed by atoms with Crippen LogP contribution in [0.1, 0.15) is 141 Å². The Balaban J connectivity index is 6.59. The van der Waals surface area contributed by atoms with Gasteiger partial charge in [-0.15, -0.1) is 0 Å². The zero-order valence-corrected chi connectivity index (χ0v) is 56.7. The van der Waals surface area contributed by atoms with Gasteiger partial charge in [0.2, 0.25) is 35.4 Å². The van der Waals surface area contributed by atoms with Gasteiger partial charge in [-0.25, -0.2) is 0 Å². The van der Waals surface area contributed by atoms with Gasteiger partial charge >= 0.3 is 0 Å². The second-order valence-corrected chi connectivity index (χ2v) is 22.2. The Morgan fingerprint density at radius 1 is 0.188 bits per heavy atom. The Morgan fingerprint density at radius 3 is 0.447 bits per heavy atom. The largest absolute Gasteiger partial charge is 0.355 e. The highest BCUT2D eigenvalue weighted by Crippen LogP contribution is 2.07. The molecule has 0 fully saturated rings. The second kappa shape index (κ2) is 55.7. The van der Waals surface area contributed by atoms with Crippen LogP contribution in [0, 0.1) is 0 Å². The summed E-state index contributed by atoms with van der Waals surface area (Å²) >= 11 is 0. The van der Waals surface area contributed by atoms with Gasteiger partial charge in [-0.05, 0) is 137 Å². The van der Waals surface area contributed by atoms with E-state index in [1.165, 1.54) is 0 Å². The van der Waals surface area contributed by atoms with Gasteiger partial charge < -0.3 is 80.9 Å². The number of carbonyl (C=O) groups excluding carboxylic acids is 6. The van der Waals surface area contributed by atoms with Crippen molar-refractivity contribution >= 4 is 35.4 Å². The molecule has 22 heteroatoms. The van der Waals surface area contributed by atoms with Crippen LogP contribution in [-0.2, 0) is 28.8 Å². The van der Waals surface area contributed by atoms with Crippen molar-refractivity contribution in [3.63, 3.8) is 0 Å². The number of nitrogens with one attached hydrogen (secondary N) is 6. The SMILES string of the molecule is CCN(CC)CCNC(=O)CCN(CCCN(CCCN(CCC(=O)NCCN(CC)CC)CCC(=O)NCCN(CC)CC)CCCN(CCC(=O)NCCN(CC)CC)CCC(=O)NCCN(CC)CC)CCC(=O)NCCN(CC)CC. The minimum Gasteiger partial charge on any atom is -0.355 e. The number of hydrogen-bond donors (Lipinski definition) is 6. The summed E-state index contributed by atoms with van der Waals surface area (Å²) in [5, 5.41) is 18.7. The number of carbonyl (C=O) groups is 6. The van der Waals surface area contributed by atoms with E-state index in [-0.39, 0.29) is 35.4 Å². The lowest BCUT2D eigenvalue weighted by atomic mass is 10.2. The molecule has 0 aliphatic carbocycles. The normalized spacial score (nSPS) is 11.9. The van der Waals surface area contributed by atoms with Crippen LogP contribution in [0.15, 0.2) is 0 Å². The summed E-state index contributed by atoms with van der Waals surface area (Å²) in [4.78, 5) is 102. The van der Waals surface area contributed by atoms with E-state index >= 15 is 0 Å². The quantitative estimate of drug-likeness (QED) is 0.0518. The zero-order valence-electron chi connectivity index (χ0n) is 56.7. The molecule has 0 rings (SSSR count). The van der Waals surface area contributed by atoms with Crippen LogP contribution in [0.5, 0.6) is 0 Å². The monoisotopic (exact) mass is 1210 g/mol. The Labute approximate surface area is 519 Å². The number of rotatable bonds is 60. The first-order chi connectivity index (χ1) is 41.1. The molecule has 0 unspecified atom stereocenters. The maximum absolute atomic E-state index is 13.2. The lowest BCUT2D eigenvalue weighted by molar-refractivity contribution is -0.123. The molecule has 0 atom stereocenters. The fraction of sp³-hybridized carbons (Fsp3) is 0.905. The van der Waals surface area contributed by atoms with E-state index < -0.39 is 0 Å². The zero-order chi connectivity index (χ0) is 63.3. The predicted octanol–water partition coefficient (Wildman–Crippen LogP) is 2.45. The molecule has 500 valence electrons. The van der Waals surface area contributed by atoms with E-state index in [4.69, 9.17) is 0 Å². The summed E-state index contributed by atoms with van der Waals surface area (Å²) in [6, 6.07) is 0. The average Bonchev–Trinajstić information content (AvgIpc) is 3.51. The molecule has 0 saturated carbocycles. The van der Waals surface area contributed by atoms with E-state index in [1.54, 1.807) is 0 Å². The number of nitrogens with zero attached hydrogens (tertiary/aromatic N) is 10. The number of amides is 6. The number of likely N-dealkylation sites (N-methyl/N-ethyl adjacent to an activating group) is 6. The van der Waals surface area contributed by atoms with Crippen LogP contribution in [0.4, 0.5) is 0 Å². The van der Waals surface area contributed by atoms with Crippen LogP contribution in [0.25, 0.3) is 0 Å². The van der Waals surface area contributed by atoms with Crippen LogP contribution in [-0.4, -0.2) is 320 Å². The van der Waals surface area contributed by atoms with Gasteiger partial charge in [0.25, 0.3) is 0 Å². The van der Waals surface area contributed by atoms with E-state index in [0.29, 0.717) is 137 Å². The standard InChI is InChI=1S/C63H132N16O6/c1-13-70(14-2)52-34-64-58(80)28-46-77(47-29-59(81)65-35-53-71(15-3)16-4)43-25-40-76(41-26-44-78(48-30-60(82)66-36-54-72(17-5)18-6)49-31-61(83)67-37-55-73(19-7)20-8)42-27-45-79(50-32-62(84)68-38-56-74(21-9)22-10)51-33-63(85)69-39-57-75(23-11)24-12/h13-57H2,1-12H3,(H,64,80)(H,65,81)(H,66,82)(H,67,83)(H,68,84)(H,69,85). The fourth-order valence-corrected chi connectivity index (χ4v) is 10.3. The molecule has 0 saturated heterocycles. The summed E-state index contributed by atoms with van der Waals surface area (Å²) in [5.41, 5.74) is 0. The molecule has 0 aliphatic rings. The highest BCUT2D eigenvalue weighted by atomic mass is 16.2. The van der Waals surface area contributed by atoms with Gasteiger partial charge in [0.15, 0.2) is 0 Å². The molecular weight excluding hydrogens is 1080 g/mol. The molecule has 6 amide bonds. The van der Waals surface area contributed by atoms with Crippen molar-refractivity contribution in [1.82, 2.24) is 80.9 Å². The average molecular weight is 1210 g/mol. The Kier molecular flexibility index (Phi) is 53.4. The number of hydrogen-bond acceptors (Lipinski definition) is 16. The van der Waals surface area contributed by atoms with Gasteiger partial charge in [0.1, 0.15) is 0 Å². The molecule has 0 bridgehead atoms. The third-order valence-electron chi connectivity index (χ3n) is 16.6. The lowest BCUT2D eigenvalue weighted by Crippen LogP contribution is -2.40. The van der Waals surface area contributed by atoms with E-state index in [0.717, 1.165) is 157 Å². The van der Waals surface area contributed by atoms with Crippen molar-refractivity contribution in [3.05, 3.63) is 0 Å². The molecule has 0 aliphatic heterocycles. The van der Waals surface area contributed by atoms with Gasteiger partial charge in [0.05, 0.1) is 0 Å². The topological polar surface area (TPSA) is 207 Å². The third-order valence-corrected chi connectivity index (χ3v) is 16.6. The summed E-state index contributed by atoms with van der Waals surface area (Å²) in [6.07, 6.45) is 4.56. The molecule has 22 nitrogen and oxygen atoms in total. The molecular formula is C63H132N16O6. The van der Waals surface area contributed by atoms with E-state index in [1.807, 2.05) is 0 Å². The van der Waals surface area contributed by atoms with Crippen molar-refractivity contribution in [2.24, 2.45) is 0 Å². The van der Waals surface area contributed by atoms with Crippen molar-refractivity contribution in [2.75, 3.05) is 236 Å². The summed E-state index contributed by atoms with van der Waals surface area (Å²) in [6.45, 7) is 53.0. The van der Waals surface area contributed by atoms with Gasteiger partial charge in [-0.3, -0.25) is 28.8 Å². The first kappa shape index (κ1) is 81.4. The summed E-state index contributed by atoms with van der Waals surface area (Å²) in [5.74, 6) is 0.0834. The Bertz CT molecular complexity index is 1360. The molecule has 0 aromatic rings. The maximum Gasteiger partial charge on any atom is 0.221 e.